The van der Waals surface area contributed by atoms with Gasteiger partial charge in [-0.1, -0.05) is 0 Å². The molecule has 0 radical (unpaired) electrons. The molecule has 0 spiro atoms. The van der Waals surface area contributed by atoms with Crippen molar-refractivity contribution in [2.24, 2.45) is 0 Å². The first-order chi connectivity index (χ1) is 9.86. The van der Waals surface area contributed by atoms with Gasteiger partial charge >= 0.3 is 0 Å². The predicted molar refractivity (Wildman–Crippen MR) is 75.7 cm³/mol. The Bertz CT molecular complexity index is 569. The van der Waals surface area contributed by atoms with Crippen LogP contribution in [-0.2, 0) is 0 Å². The number of amides is 1. The van der Waals surface area contributed by atoms with Gasteiger partial charge in [-0.2, -0.15) is 0 Å². The van der Waals surface area contributed by atoms with Crippen molar-refractivity contribution in [3.63, 3.8) is 0 Å². The molecule has 1 aromatic carbocycles. The van der Waals surface area contributed by atoms with Gasteiger partial charge in [0.05, 0.1) is 11.0 Å². The lowest BCUT2D eigenvalue weighted by molar-refractivity contribution is -0.385. The van der Waals surface area contributed by atoms with Gasteiger partial charge in [0.1, 0.15) is 11.4 Å². The van der Waals surface area contributed by atoms with Crippen LogP contribution in [0.2, 0.25) is 0 Å². The molecule has 1 aromatic rings. The lowest BCUT2D eigenvalue weighted by Gasteiger charge is -2.39. The molecule has 1 saturated heterocycles. The van der Waals surface area contributed by atoms with Gasteiger partial charge < -0.3 is 10.2 Å². The maximum atomic E-state index is 13.1. The van der Waals surface area contributed by atoms with E-state index in [-0.39, 0.29) is 11.1 Å². The minimum atomic E-state index is -0.724. The summed E-state index contributed by atoms with van der Waals surface area (Å²) in [6.45, 7) is 3.12. The summed E-state index contributed by atoms with van der Waals surface area (Å²) in [6, 6.07) is 3.04. The summed E-state index contributed by atoms with van der Waals surface area (Å²) in [4.78, 5) is 24.2. The van der Waals surface area contributed by atoms with E-state index in [9.17, 15) is 19.3 Å². The van der Waals surface area contributed by atoms with Gasteiger partial charge in [-0.25, -0.2) is 4.39 Å². The van der Waals surface area contributed by atoms with E-state index in [2.05, 4.69) is 12.2 Å². The number of rotatable bonds is 3. The fourth-order valence-corrected chi connectivity index (χ4v) is 2.46. The standard InChI is InChI=1S/C14H18FN3O3/c1-14(16-2)5-7-17(8-6-14)13(19)11-4-3-10(15)9-12(11)18(20)21/h3-4,9,16H,5-8H2,1-2H3. The van der Waals surface area contributed by atoms with Crippen LogP contribution < -0.4 is 5.32 Å². The first-order valence-corrected chi connectivity index (χ1v) is 6.78. The molecular weight excluding hydrogens is 277 g/mol. The predicted octanol–water partition coefficient (Wildman–Crippen LogP) is 1.95. The highest BCUT2D eigenvalue weighted by molar-refractivity contribution is 5.98. The highest BCUT2D eigenvalue weighted by Crippen LogP contribution is 2.26. The van der Waals surface area contributed by atoms with Gasteiger partial charge in [-0.15, -0.1) is 0 Å². The Labute approximate surface area is 122 Å². The van der Waals surface area contributed by atoms with Crippen molar-refractivity contribution in [3.8, 4) is 0 Å². The second-order valence-electron chi connectivity index (χ2n) is 5.52. The normalized spacial score (nSPS) is 17.6. The van der Waals surface area contributed by atoms with Gasteiger partial charge in [0.2, 0.25) is 0 Å². The first kappa shape index (κ1) is 15.4. The molecule has 0 aromatic heterocycles. The van der Waals surface area contributed by atoms with Crippen molar-refractivity contribution in [2.75, 3.05) is 20.1 Å². The third-order valence-electron chi connectivity index (χ3n) is 4.14. The number of likely N-dealkylation sites (tertiary alicyclic amines) is 1. The van der Waals surface area contributed by atoms with Gasteiger partial charge in [0.15, 0.2) is 0 Å². The molecule has 1 fully saturated rings. The fourth-order valence-electron chi connectivity index (χ4n) is 2.46. The smallest absolute Gasteiger partial charge is 0.285 e. The van der Waals surface area contributed by atoms with E-state index in [0.29, 0.717) is 13.1 Å². The van der Waals surface area contributed by atoms with Crippen LogP contribution in [0.25, 0.3) is 0 Å². The molecule has 0 saturated carbocycles. The summed E-state index contributed by atoms with van der Waals surface area (Å²) < 4.78 is 13.1. The molecule has 0 bridgehead atoms. The quantitative estimate of drug-likeness (QED) is 0.683. The van der Waals surface area contributed by atoms with Crippen LogP contribution >= 0.6 is 0 Å². The van der Waals surface area contributed by atoms with Crippen LogP contribution in [0.5, 0.6) is 0 Å². The Morgan fingerprint density at radius 2 is 2.05 bits per heavy atom. The number of halogens is 1. The van der Waals surface area contributed by atoms with Gasteiger partial charge in [-0.3, -0.25) is 14.9 Å². The average Bonchev–Trinajstić information content (AvgIpc) is 2.47. The molecule has 0 atom stereocenters. The largest absolute Gasteiger partial charge is 0.338 e. The number of hydrogen-bond acceptors (Lipinski definition) is 4. The maximum absolute atomic E-state index is 13.1. The summed E-state index contributed by atoms with van der Waals surface area (Å²) >= 11 is 0. The Morgan fingerprint density at radius 3 is 2.57 bits per heavy atom. The van der Waals surface area contributed by atoms with Crippen molar-refractivity contribution < 1.29 is 14.1 Å². The fraction of sp³-hybridized carbons (Fsp3) is 0.500. The molecule has 1 aliphatic heterocycles. The van der Waals surface area contributed by atoms with Gasteiger partial charge in [0, 0.05) is 18.6 Å². The van der Waals surface area contributed by atoms with Crippen LogP contribution in [-0.4, -0.2) is 41.4 Å². The third kappa shape index (κ3) is 3.18. The maximum Gasteiger partial charge on any atom is 0.285 e. The summed E-state index contributed by atoms with van der Waals surface area (Å²) in [5.74, 6) is -1.14. The van der Waals surface area contributed by atoms with Crippen LogP contribution in [0.3, 0.4) is 0 Å². The van der Waals surface area contributed by atoms with Crippen LogP contribution in [0.4, 0.5) is 10.1 Å². The number of nitrogens with zero attached hydrogens (tertiary/aromatic N) is 2. The van der Waals surface area contributed by atoms with E-state index in [1.807, 2.05) is 7.05 Å². The highest BCUT2D eigenvalue weighted by atomic mass is 19.1. The number of carbonyl (C=O) groups is 1. The Hall–Kier alpha value is -2.02. The number of benzene rings is 1. The molecular formula is C14H18FN3O3. The number of hydrogen-bond donors (Lipinski definition) is 1. The lowest BCUT2D eigenvalue weighted by atomic mass is 9.89. The van der Waals surface area contributed by atoms with E-state index in [1.54, 1.807) is 4.90 Å². The van der Waals surface area contributed by atoms with Gasteiger partial charge in [0.25, 0.3) is 11.6 Å². The van der Waals surface area contributed by atoms with Crippen molar-refractivity contribution in [1.29, 1.82) is 0 Å². The van der Waals surface area contributed by atoms with Crippen molar-refractivity contribution >= 4 is 11.6 Å². The number of carbonyl (C=O) groups excluding carboxylic acids is 1. The molecule has 0 aliphatic carbocycles. The number of nitro groups is 1. The van der Waals surface area contributed by atoms with Crippen molar-refractivity contribution in [3.05, 3.63) is 39.7 Å². The summed E-state index contributed by atoms with van der Waals surface area (Å²) in [5, 5.41) is 14.2. The first-order valence-electron chi connectivity index (χ1n) is 6.78. The molecule has 114 valence electrons. The molecule has 0 unspecified atom stereocenters. The highest BCUT2D eigenvalue weighted by Gasteiger charge is 2.32. The molecule has 21 heavy (non-hydrogen) atoms. The van der Waals surface area contributed by atoms with Crippen molar-refractivity contribution in [1.82, 2.24) is 10.2 Å². The average molecular weight is 295 g/mol. The summed E-state index contributed by atoms with van der Waals surface area (Å²) in [6.07, 6.45) is 1.54. The minimum absolute atomic E-state index is 0.0223. The Kier molecular flexibility index (Phi) is 4.22. The number of nitro benzene ring substituents is 1. The molecule has 1 amide bonds. The van der Waals surface area contributed by atoms with E-state index in [4.69, 9.17) is 0 Å². The zero-order chi connectivity index (χ0) is 15.6. The molecule has 2 rings (SSSR count). The lowest BCUT2D eigenvalue weighted by Crippen LogP contribution is -2.51. The third-order valence-corrected chi connectivity index (χ3v) is 4.14. The monoisotopic (exact) mass is 295 g/mol. The van der Waals surface area contributed by atoms with Crippen LogP contribution in [0.15, 0.2) is 18.2 Å². The molecule has 6 nitrogen and oxygen atoms in total. The molecule has 1 heterocycles. The minimum Gasteiger partial charge on any atom is -0.338 e. The Balaban J connectivity index is 2.20. The number of nitrogens with one attached hydrogen (secondary N) is 1. The van der Waals surface area contributed by atoms with Crippen LogP contribution in [0, 0.1) is 15.9 Å². The van der Waals surface area contributed by atoms with Gasteiger partial charge in [-0.05, 0) is 38.9 Å². The van der Waals surface area contributed by atoms with E-state index >= 15 is 0 Å². The number of piperidine rings is 1. The van der Waals surface area contributed by atoms with Crippen LogP contribution in [0.1, 0.15) is 30.1 Å². The topological polar surface area (TPSA) is 75.5 Å². The molecule has 1 aliphatic rings. The second kappa shape index (κ2) is 5.77. The summed E-state index contributed by atoms with van der Waals surface area (Å²) in [7, 11) is 1.88. The summed E-state index contributed by atoms with van der Waals surface area (Å²) in [5.41, 5.74) is -0.567. The van der Waals surface area contributed by atoms with E-state index in [0.717, 1.165) is 25.0 Å². The van der Waals surface area contributed by atoms with E-state index < -0.39 is 22.3 Å². The molecule has 1 N–H and O–H groups in total. The van der Waals surface area contributed by atoms with Crippen molar-refractivity contribution in [2.45, 2.75) is 25.3 Å². The second-order valence-corrected chi connectivity index (χ2v) is 5.52. The SMILES string of the molecule is CNC1(C)CCN(C(=O)c2ccc(F)cc2[N+](=O)[O-])CC1. The Morgan fingerprint density at radius 1 is 1.43 bits per heavy atom. The zero-order valence-corrected chi connectivity index (χ0v) is 12.1. The zero-order valence-electron chi connectivity index (χ0n) is 12.1. The van der Waals surface area contributed by atoms with E-state index in [1.165, 1.54) is 6.07 Å². The molecule has 7 heteroatoms.